The highest BCUT2D eigenvalue weighted by atomic mass is 31.2. The van der Waals surface area contributed by atoms with Crippen molar-refractivity contribution in [3.8, 4) is 0 Å². The van der Waals surface area contributed by atoms with Gasteiger partial charge in [0, 0.05) is 12.8 Å². The largest absolute Gasteiger partial charge is 0.472 e. The number of ether oxygens (including phenoxy) is 2. The smallest absolute Gasteiger partial charge is 0.462 e. The summed E-state index contributed by atoms with van der Waals surface area (Å²) in [7, 11) is -4.65. The number of aliphatic hydroxyl groups is 2. The number of phosphoric ester groups is 1. The minimum absolute atomic E-state index is 0.0908. The third kappa shape index (κ3) is 40.9. The summed E-state index contributed by atoms with van der Waals surface area (Å²) in [4.78, 5) is 34.9. The van der Waals surface area contributed by atoms with Gasteiger partial charge in [-0.05, 0) is 89.9 Å². The van der Waals surface area contributed by atoms with E-state index in [-0.39, 0.29) is 19.4 Å². The molecule has 0 radical (unpaired) electrons. The average molecular weight is 819 g/mol. The van der Waals surface area contributed by atoms with Gasteiger partial charge in [-0.2, -0.15) is 0 Å². The number of hydrogen-bond donors (Lipinski definition) is 3. The number of carbonyl (C=O) groups excluding carboxylic acids is 2. The van der Waals surface area contributed by atoms with Crippen molar-refractivity contribution in [1.29, 1.82) is 0 Å². The maximum absolute atomic E-state index is 12.6. The molecule has 0 fully saturated rings. The van der Waals surface area contributed by atoms with Gasteiger partial charge in [0.05, 0.1) is 19.8 Å². The van der Waals surface area contributed by atoms with Gasteiger partial charge in [0.15, 0.2) is 6.10 Å². The van der Waals surface area contributed by atoms with Crippen LogP contribution in [0.4, 0.5) is 0 Å². The van der Waals surface area contributed by atoms with Gasteiger partial charge in [-0.25, -0.2) is 4.57 Å². The molecular weight excluding hydrogens is 743 g/mol. The van der Waals surface area contributed by atoms with Crippen LogP contribution in [0.2, 0.25) is 0 Å². The lowest BCUT2D eigenvalue weighted by Gasteiger charge is -2.20. The summed E-state index contributed by atoms with van der Waals surface area (Å²) in [5.41, 5.74) is 0. The fourth-order valence-electron chi connectivity index (χ4n) is 4.92. The summed E-state index contributed by atoms with van der Waals surface area (Å²) in [6.45, 7) is 2.17. The molecule has 11 heteroatoms. The second-order valence-corrected chi connectivity index (χ2v) is 15.1. The van der Waals surface area contributed by atoms with E-state index in [1.807, 2.05) is 18.2 Å². The van der Waals surface area contributed by atoms with Crippen LogP contribution in [0.15, 0.2) is 97.2 Å². The quantitative estimate of drug-likeness (QED) is 0.0238. The lowest BCUT2D eigenvalue weighted by Crippen LogP contribution is -2.29. The Hall–Kier alpha value is -3.11. The van der Waals surface area contributed by atoms with Gasteiger partial charge < -0.3 is 24.6 Å². The first kappa shape index (κ1) is 53.9. The Morgan fingerprint density at radius 3 is 1.30 bits per heavy atom. The Bertz CT molecular complexity index is 1260. The Labute approximate surface area is 344 Å². The van der Waals surface area contributed by atoms with E-state index in [1.165, 1.54) is 38.5 Å². The summed E-state index contributed by atoms with van der Waals surface area (Å²) >= 11 is 0. The van der Waals surface area contributed by atoms with Gasteiger partial charge in [-0.3, -0.25) is 18.6 Å². The molecule has 0 amide bonds. The van der Waals surface area contributed by atoms with Gasteiger partial charge in [0.25, 0.3) is 0 Å². The zero-order valence-electron chi connectivity index (χ0n) is 35.0. The molecule has 0 spiro atoms. The standard InChI is InChI=1S/C46H75O10P/c1-3-5-7-9-11-13-15-17-19-21-23-25-27-29-31-33-35-37-45(49)53-41-44(42-55-57(51,52)54-40-43(48)39-47)56-46(50)38-36-34-32-30-28-26-24-22-20-18-16-14-12-10-8-6-4-2/h11-14,17-20,23-26,29-32,43-44,47-48H,3-10,15-16,21-22,27-28,33-42H2,1-2H3,(H,51,52)/b13-11+,14-12+,19-17+,20-18+,25-23+,26-24+,31-29+,32-30+. The topological polar surface area (TPSA) is 149 Å². The van der Waals surface area contributed by atoms with Crippen molar-refractivity contribution in [3.63, 3.8) is 0 Å². The number of esters is 2. The van der Waals surface area contributed by atoms with E-state index in [1.54, 1.807) is 0 Å². The highest BCUT2D eigenvalue weighted by molar-refractivity contribution is 7.47. The summed E-state index contributed by atoms with van der Waals surface area (Å²) in [6, 6.07) is 0. The Balaban J connectivity index is 4.53. The summed E-state index contributed by atoms with van der Waals surface area (Å²) in [6.07, 6.45) is 49.6. The number of hydrogen-bond acceptors (Lipinski definition) is 9. The number of phosphoric acid groups is 1. The third-order valence-corrected chi connectivity index (χ3v) is 9.16. The Morgan fingerprint density at radius 1 is 0.526 bits per heavy atom. The molecule has 0 aliphatic rings. The number of allylic oxidation sites excluding steroid dienone is 16. The molecule has 0 rings (SSSR count). The minimum atomic E-state index is -4.65. The molecule has 0 aliphatic carbocycles. The van der Waals surface area contributed by atoms with Crippen molar-refractivity contribution in [1.82, 2.24) is 0 Å². The highest BCUT2D eigenvalue weighted by Crippen LogP contribution is 2.43. The molecule has 0 aromatic carbocycles. The van der Waals surface area contributed by atoms with E-state index in [2.05, 4.69) is 97.4 Å². The fourth-order valence-corrected chi connectivity index (χ4v) is 5.71. The maximum Gasteiger partial charge on any atom is 0.472 e. The number of aliphatic hydroxyl groups excluding tert-OH is 2. The lowest BCUT2D eigenvalue weighted by atomic mass is 10.2. The molecule has 0 aliphatic heterocycles. The second-order valence-electron chi connectivity index (χ2n) is 13.7. The van der Waals surface area contributed by atoms with Crippen molar-refractivity contribution in [2.45, 2.75) is 154 Å². The van der Waals surface area contributed by atoms with Gasteiger partial charge >= 0.3 is 19.8 Å². The van der Waals surface area contributed by atoms with E-state index in [0.29, 0.717) is 25.7 Å². The Kier molecular flexibility index (Phi) is 38.8. The number of unbranched alkanes of at least 4 members (excludes halogenated alkanes) is 8. The maximum atomic E-state index is 12.6. The van der Waals surface area contributed by atoms with Gasteiger partial charge in [-0.1, -0.05) is 137 Å². The van der Waals surface area contributed by atoms with Crippen molar-refractivity contribution < 1.29 is 47.8 Å². The van der Waals surface area contributed by atoms with Crippen LogP contribution in [0.25, 0.3) is 0 Å². The molecule has 0 saturated heterocycles. The van der Waals surface area contributed by atoms with Gasteiger partial charge in [0.2, 0.25) is 0 Å². The van der Waals surface area contributed by atoms with E-state index in [0.717, 1.165) is 51.4 Å². The molecule has 10 nitrogen and oxygen atoms in total. The number of rotatable bonds is 38. The normalized spacial score (nSPS) is 14.8. The highest BCUT2D eigenvalue weighted by Gasteiger charge is 2.27. The van der Waals surface area contributed by atoms with Crippen molar-refractivity contribution >= 4 is 19.8 Å². The Morgan fingerprint density at radius 2 is 0.895 bits per heavy atom. The van der Waals surface area contributed by atoms with Crippen LogP contribution in [-0.2, 0) is 32.7 Å². The van der Waals surface area contributed by atoms with Gasteiger partial charge in [-0.15, -0.1) is 0 Å². The molecule has 0 bridgehead atoms. The minimum Gasteiger partial charge on any atom is -0.462 e. The SMILES string of the molecule is CCCCC/C=C/C/C=C/C/C=C/C/C=C/CCCC(=O)OCC(COP(=O)(O)OCC(O)CO)OC(=O)CCC/C=C/C/C=C/C/C=C/C/C=C/CCCCC. The monoisotopic (exact) mass is 819 g/mol. The number of carbonyl (C=O) groups is 2. The summed E-state index contributed by atoms with van der Waals surface area (Å²) in [5, 5.41) is 18.3. The molecule has 3 unspecified atom stereocenters. The van der Waals surface area contributed by atoms with Crippen LogP contribution in [-0.4, -0.2) is 65.7 Å². The first-order chi connectivity index (χ1) is 27.7. The molecule has 0 heterocycles. The molecule has 57 heavy (non-hydrogen) atoms. The zero-order valence-corrected chi connectivity index (χ0v) is 35.9. The lowest BCUT2D eigenvalue weighted by molar-refractivity contribution is -0.161. The molecule has 0 aromatic heterocycles. The van der Waals surface area contributed by atoms with Crippen LogP contribution < -0.4 is 0 Å². The van der Waals surface area contributed by atoms with Crippen molar-refractivity contribution in [2.24, 2.45) is 0 Å². The first-order valence-corrected chi connectivity index (χ1v) is 22.7. The van der Waals surface area contributed by atoms with Crippen molar-refractivity contribution in [2.75, 3.05) is 26.4 Å². The zero-order chi connectivity index (χ0) is 41.9. The molecule has 3 atom stereocenters. The predicted octanol–water partition coefficient (Wildman–Crippen LogP) is 11.2. The van der Waals surface area contributed by atoms with Crippen LogP contribution in [0.3, 0.4) is 0 Å². The van der Waals surface area contributed by atoms with Crippen LogP contribution in [0, 0.1) is 0 Å². The fraction of sp³-hybridized carbons (Fsp3) is 0.609. The first-order valence-electron chi connectivity index (χ1n) is 21.2. The third-order valence-electron chi connectivity index (χ3n) is 8.21. The van der Waals surface area contributed by atoms with Crippen LogP contribution >= 0.6 is 7.82 Å². The summed E-state index contributed by atoms with van der Waals surface area (Å²) < 4.78 is 32.6. The van der Waals surface area contributed by atoms with E-state index >= 15 is 0 Å². The average Bonchev–Trinajstić information content (AvgIpc) is 3.20. The van der Waals surface area contributed by atoms with E-state index in [9.17, 15) is 24.2 Å². The molecular formula is C46H75O10P. The molecule has 0 aromatic rings. The van der Waals surface area contributed by atoms with Crippen LogP contribution in [0.1, 0.15) is 142 Å². The second kappa shape index (κ2) is 41.1. The van der Waals surface area contributed by atoms with E-state index < -0.39 is 51.8 Å². The molecule has 0 saturated carbocycles. The van der Waals surface area contributed by atoms with Crippen LogP contribution in [0.5, 0.6) is 0 Å². The molecule has 3 N–H and O–H groups in total. The predicted molar refractivity (Wildman–Crippen MR) is 232 cm³/mol. The molecule has 324 valence electrons. The van der Waals surface area contributed by atoms with E-state index in [4.69, 9.17) is 19.1 Å². The van der Waals surface area contributed by atoms with Crippen molar-refractivity contribution in [3.05, 3.63) is 97.2 Å². The van der Waals surface area contributed by atoms with Gasteiger partial charge in [0.1, 0.15) is 12.7 Å². The summed E-state index contributed by atoms with van der Waals surface area (Å²) in [5.74, 6) is -1.07.